The van der Waals surface area contributed by atoms with Crippen molar-refractivity contribution < 1.29 is 19.1 Å². The second-order valence-corrected chi connectivity index (χ2v) is 7.37. The molecule has 1 aliphatic rings. The van der Waals surface area contributed by atoms with Crippen LogP contribution < -0.4 is 10.1 Å². The van der Waals surface area contributed by atoms with E-state index in [9.17, 15) is 9.59 Å². The van der Waals surface area contributed by atoms with Gasteiger partial charge in [-0.15, -0.1) is 0 Å². The molecule has 1 aliphatic carbocycles. The van der Waals surface area contributed by atoms with E-state index in [0.717, 1.165) is 37.7 Å². The van der Waals surface area contributed by atoms with Crippen molar-refractivity contribution in [3.63, 3.8) is 0 Å². The molecule has 0 atom stereocenters. The van der Waals surface area contributed by atoms with Gasteiger partial charge in [0.2, 0.25) is 5.91 Å². The maximum atomic E-state index is 13.4. The van der Waals surface area contributed by atoms with Gasteiger partial charge in [-0.3, -0.25) is 4.79 Å². The number of anilines is 1. The van der Waals surface area contributed by atoms with Gasteiger partial charge in [-0.1, -0.05) is 49.1 Å². The average Bonchev–Trinajstić information content (AvgIpc) is 2.74. The SMILES string of the molecule is COC(=O)c1cc(NC(=O)C2(c3ccc(C)cc3)CCCCC2)ccc1OC. The lowest BCUT2D eigenvalue weighted by molar-refractivity contribution is -0.122. The largest absolute Gasteiger partial charge is 0.496 e. The van der Waals surface area contributed by atoms with Crippen molar-refractivity contribution in [1.29, 1.82) is 0 Å². The molecule has 0 aliphatic heterocycles. The number of nitrogens with one attached hydrogen (secondary N) is 1. The molecule has 0 spiro atoms. The summed E-state index contributed by atoms with van der Waals surface area (Å²) in [7, 11) is 2.82. The van der Waals surface area contributed by atoms with Crippen molar-refractivity contribution in [2.45, 2.75) is 44.4 Å². The van der Waals surface area contributed by atoms with Gasteiger partial charge < -0.3 is 14.8 Å². The number of esters is 1. The maximum Gasteiger partial charge on any atom is 0.341 e. The van der Waals surface area contributed by atoms with E-state index in [1.165, 1.54) is 19.8 Å². The minimum atomic E-state index is -0.544. The third-order valence-electron chi connectivity index (χ3n) is 5.61. The normalized spacial score (nSPS) is 15.5. The topological polar surface area (TPSA) is 64.6 Å². The monoisotopic (exact) mass is 381 g/mol. The Hall–Kier alpha value is -2.82. The van der Waals surface area contributed by atoms with E-state index in [1.807, 2.05) is 6.92 Å². The van der Waals surface area contributed by atoms with Crippen molar-refractivity contribution in [3.05, 3.63) is 59.2 Å². The van der Waals surface area contributed by atoms with Crippen LogP contribution in [0.5, 0.6) is 5.75 Å². The Kier molecular flexibility index (Phi) is 6.02. The summed E-state index contributed by atoms with van der Waals surface area (Å²) in [5, 5.41) is 3.03. The number of amides is 1. The van der Waals surface area contributed by atoms with E-state index in [4.69, 9.17) is 9.47 Å². The molecule has 5 nitrogen and oxygen atoms in total. The van der Waals surface area contributed by atoms with E-state index in [2.05, 4.69) is 29.6 Å². The Morgan fingerprint density at radius 1 is 0.964 bits per heavy atom. The Morgan fingerprint density at radius 2 is 1.64 bits per heavy atom. The molecule has 0 saturated heterocycles. The molecule has 0 bridgehead atoms. The molecule has 0 heterocycles. The zero-order valence-electron chi connectivity index (χ0n) is 16.7. The first kappa shape index (κ1) is 19.9. The molecular formula is C23H27NO4. The highest BCUT2D eigenvalue weighted by molar-refractivity contribution is 6.01. The predicted octanol–water partition coefficient (Wildman–Crippen LogP) is 4.63. The maximum absolute atomic E-state index is 13.4. The van der Waals surface area contributed by atoms with Gasteiger partial charge in [0.1, 0.15) is 11.3 Å². The van der Waals surface area contributed by atoms with Gasteiger partial charge in [-0.2, -0.15) is 0 Å². The van der Waals surface area contributed by atoms with Gasteiger partial charge in [0.25, 0.3) is 0 Å². The van der Waals surface area contributed by atoms with Crippen molar-refractivity contribution in [2.24, 2.45) is 0 Å². The summed E-state index contributed by atoms with van der Waals surface area (Å²) in [5.41, 5.74) is 2.53. The summed E-state index contributed by atoms with van der Waals surface area (Å²) >= 11 is 0. The number of benzene rings is 2. The lowest BCUT2D eigenvalue weighted by Gasteiger charge is -2.36. The Morgan fingerprint density at radius 3 is 2.25 bits per heavy atom. The third-order valence-corrected chi connectivity index (χ3v) is 5.61. The molecule has 28 heavy (non-hydrogen) atoms. The zero-order chi connectivity index (χ0) is 20.1. The van der Waals surface area contributed by atoms with Crippen LogP contribution in [0.2, 0.25) is 0 Å². The Bertz CT molecular complexity index is 851. The first-order valence-corrected chi connectivity index (χ1v) is 9.65. The number of aryl methyl sites for hydroxylation is 1. The summed E-state index contributed by atoms with van der Waals surface area (Å²) in [6.45, 7) is 2.04. The van der Waals surface area contributed by atoms with Crippen LogP contribution in [0.25, 0.3) is 0 Å². The minimum absolute atomic E-state index is 0.0305. The number of hydrogen-bond acceptors (Lipinski definition) is 4. The number of ether oxygens (including phenoxy) is 2. The summed E-state index contributed by atoms with van der Waals surface area (Å²) in [6, 6.07) is 13.3. The van der Waals surface area contributed by atoms with Crippen LogP contribution in [-0.4, -0.2) is 26.1 Å². The van der Waals surface area contributed by atoms with Gasteiger partial charge in [-0.05, 0) is 43.5 Å². The van der Waals surface area contributed by atoms with Gasteiger partial charge in [0.15, 0.2) is 0 Å². The summed E-state index contributed by atoms with van der Waals surface area (Å²) < 4.78 is 10.1. The molecule has 1 saturated carbocycles. The van der Waals surface area contributed by atoms with Gasteiger partial charge >= 0.3 is 5.97 Å². The second kappa shape index (κ2) is 8.46. The fraction of sp³-hybridized carbons (Fsp3) is 0.391. The first-order valence-electron chi connectivity index (χ1n) is 9.65. The predicted molar refractivity (Wildman–Crippen MR) is 109 cm³/mol. The highest BCUT2D eigenvalue weighted by atomic mass is 16.5. The van der Waals surface area contributed by atoms with Crippen LogP contribution >= 0.6 is 0 Å². The molecule has 1 N–H and O–H groups in total. The van der Waals surface area contributed by atoms with E-state index in [-0.39, 0.29) is 11.5 Å². The molecule has 1 fully saturated rings. The number of methoxy groups -OCH3 is 2. The molecule has 0 aromatic heterocycles. The summed E-state index contributed by atoms with van der Waals surface area (Å²) in [6.07, 6.45) is 4.84. The number of hydrogen-bond donors (Lipinski definition) is 1. The van der Waals surface area contributed by atoms with Crippen LogP contribution in [0.15, 0.2) is 42.5 Å². The average molecular weight is 381 g/mol. The highest BCUT2D eigenvalue weighted by Crippen LogP contribution is 2.40. The molecule has 0 radical (unpaired) electrons. The molecule has 2 aromatic rings. The van der Waals surface area contributed by atoms with Crippen molar-refractivity contribution in [3.8, 4) is 5.75 Å². The smallest absolute Gasteiger partial charge is 0.341 e. The number of rotatable bonds is 5. The van der Waals surface area contributed by atoms with Crippen LogP contribution in [0.4, 0.5) is 5.69 Å². The van der Waals surface area contributed by atoms with Crippen molar-refractivity contribution >= 4 is 17.6 Å². The van der Waals surface area contributed by atoms with E-state index in [0.29, 0.717) is 11.4 Å². The second-order valence-electron chi connectivity index (χ2n) is 7.37. The summed E-state index contributed by atoms with van der Waals surface area (Å²) in [4.78, 5) is 25.5. The molecule has 0 unspecified atom stereocenters. The summed E-state index contributed by atoms with van der Waals surface area (Å²) in [5.74, 6) is -0.119. The molecule has 1 amide bonds. The molecule has 2 aromatic carbocycles. The molecule has 5 heteroatoms. The highest BCUT2D eigenvalue weighted by Gasteiger charge is 2.41. The van der Waals surface area contributed by atoms with Gasteiger partial charge in [0, 0.05) is 5.69 Å². The number of carbonyl (C=O) groups excluding carboxylic acids is 2. The van der Waals surface area contributed by atoms with Crippen LogP contribution in [0.1, 0.15) is 53.6 Å². The van der Waals surface area contributed by atoms with Gasteiger partial charge in [0.05, 0.1) is 19.6 Å². The lowest BCUT2D eigenvalue weighted by Crippen LogP contribution is -2.42. The van der Waals surface area contributed by atoms with E-state index >= 15 is 0 Å². The standard InChI is InChI=1S/C23H27NO4/c1-16-7-9-17(10-8-16)23(13-5-4-6-14-23)22(26)24-18-11-12-20(27-2)19(15-18)21(25)28-3/h7-12,15H,4-6,13-14H2,1-3H3,(H,24,26). The third kappa shape index (κ3) is 3.88. The van der Waals surface area contributed by atoms with Gasteiger partial charge in [-0.25, -0.2) is 4.79 Å². The minimum Gasteiger partial charge on any atom is -0.496 e. The molecule has 148 valence electrons. The molecular weight excluding hydrogens is 354 g/mol. The van der Waals surface area contributed by atoms with Crippen molar-refractivity contribution in [2.75, 3.05) is 19.5 Å². The van der Waals surface area contributed by atoms with Crippen LogP contribution in [0.3, 0.4) is 0 Å². The Labute approximate surface area is 166 Å². The van der Waals surface area contributed by atoms with Crippen LogP contribution in [0, 0.1) is 6.92 Å². The Balaban J connectivity index is 1.92. The molecule has 3 rings (SSSR count). The zero-order valence-corrected chi connectivity index (χ0v) is 16.7. The fourth-order valence-corrected chi connectivity index (χ4v) is 3.98. The first-order chi connectivity index (χ1) is 13.5. The fourth-order valence-electron chi connectivity index (χ4n) is 3.98. The lowest BCUT2D eigenvalue weighted by atomic mass is 9.68. The quantitative estimate of drug-likeness (QED) is 0.767. The van der Waals surface area contributed by atoms with E-state index in [1.54, 1.807) is 18.2 Å². The van der Waals surface area contributed by atoms with Crippen molar-refractivity contribution in [1.82, 2.24) is 0 Å². The van der Waals surface area contributed by atoms with E-state index < -0.39 is 11.4 Å². The number of carbonyl (C=O) groups is 2. The van der Waals surface area contributed by atoms with Crippen LogP contribution in [-0.2, 0) is 14.9 Å².